The predicted octanol–water partition coefficient (Wildman–Crippen LogP) is 7.02. The minimum absolute atomic E-state index is 0.0517. The Balaban J connectivity index is 1.72. The van der Waals surface area contributed by atoms with Gasteiger partial charge < -0.3 is 9.47 Å². The van der Waals surface area contributed by atoms with Crippen molar-refractivity contribution >= 4 is 58.2 Å². The zero-order valence-corrected chi connectivity index (χ0v) is 25.5. The van der Waals surface area contributed by atoms with Crippen molar-refractivity contribution in [2.75, 3.05) is 6.61 Å². The Bertz CT molecular complexity index is 1970. The molecule has 2 heterocycles. The van der Waals surface area contributed by atoms with Gasteiger partial charge in [-0.15, -0.1) is 0 Å². The van der Waals surface area contributed by atoms with Gasteiger partial charge in [0.25, 0.3) is 5.56 Å². The molecule has 0 radical (unpaired) electrons. The van der Waals surface area contributed by atoms with E-state index in [0.717, 1.165) is 4.57 Å². The summed E-state index contributed by atoms with van der Waals surface area (Å²) in [6.45, 7) is 1.02. The number of carbonyl (C=O) groups is 1. The molecule has 0 saturated heterocycles. The lowest BCUT2D eigenvalue weighted by Crippen LogP contribution is -2.41. The maximum Gasteiger partial charge on any atom is 0.434 e. The Morgan fingerprint density at radius 3 is 2.43 bits per heavy atom. The van der Waals surface area contributed by atoms with Gasteiger partial charge in [0.05, 0.1) is 27.8 Å². The van der Waals surface area contributed by atoms with Crippen molar-refractivity contribution in [1.29, 1.82) is 0 Å². The fraction of sp³-hybridized carbons (Fsp3) is 0.167. The van der Waals surface area contributed by atoms with E-state index < -0.39 is 40.8 Å². The van der Waals surface area contributed by atoms with Crippen molar-refractivity contribution in [3.63, 3.8) is 0 Å². The van der Waals surface area contributed by atoms with Crippen molar-refractivity contribution in [1.82, 2.24) is 4.57 Å². The van der Waals surface area contributed by atoms with Crippen molar-refractivity contribution in [2.45, 2.75) is 25.7 Å². The Hall–Kier alpha value is -3.64. The van der Waals surface area contributed by atoms with Crippen LogP contribution in [0.2, 0.25) is 15.1 Å². The fourth-order valence-corrected chi connectivity index (χ4v) is 6.23. The van der Waals surface area contributed by atoms with Gasteiger partial charge in [-0.25, -0.2) is 14.2 Å². The van der Waals surface area contributed by atoms with Gasteiger partial charge in [-0.05, 0) is 48.9 Å². The first-order valence-corrected chi connectivity index (χ1v) is 14.7. The summed E-state index contributed by atoms with van der Waals surface area (Å²) in [4.78, 5) is 30.3. The van der Waals surface area contributed by atoms with Crippen LogP contribution in [-0.2, 0) is 16.1 Å². The molecule has 0 spiro atoms. The van der Waals surface area contributed by atoms with Crippen LogP contribution in [0.5, 0.6) is 5.75 Å². The van der Waals surface area contributed by atoms with Gasteiger partial charge >= 0.3 is 12.1 Å². The smallest absolute Gasteiger partial charge is 0.434 e. The van der Waals surface area contributed by atoms with E-state index in [1.54, 1.807) is 6.07 Å². The summed E-state index contributed by atoms with van der Waals surface area (Å²) in [5.74, 6) is -1.72. The van der Waals surface area contributed by atoms with Crippen molar-refractivity contribution < 1.29 is 31.8 Å². The van der Waals surface area contributed by atoms with Gasteiger partial charge in [-0.1, -0.05) is 76.5 Å². The van der Waals surface area contributed by atoms with E-state index in [0.29, 0.717) is 16.4 Å². The SMILES string of the molecule is CCOC(=O)C1=C(C(F)(F)F)N=c2s/c(=C\c3cc(Cl)cc(Cl)c3OCc3ccccc3F)c(=O)n2[C@H]1c1ccc(Cl)cc1. The molecule has 0 unspecified atom stereocenters. The topological polar surface area (TPSA) is 69.9 Å². The lowest BCUT2D eigenvalue weighted by molar-refractivity contribution is -0.140. The Kier molecular flexibility index (Phi) is 9.22. The van der Waals surface area contributed by atoms with Gasteiger partial charge in [0.15, 0.2) is 10.5 Å². The van der Waals surface area contributed by atoms with E-state index in [1.165, 1.54) is 67.6 Å². The number of rotatable bonds is 7. The second kappa shape index (κ2) is 12.8. The standard InChI is InChI=1S/C30H19Cl3F4N2O4S/c1-2-42-28(41)23-24(15-7-9-18(31)10-8-15)39-27(40)22(44-29(39)38-26(23)30(35,36)37)12-17-11-19(32)13-20(33)25(17)43-14-16-5-3-4-6-21(16)34/h3-13,24H,2,14H2,1H3/b22-12-/t24-/m0/s1. The molecule has 6 nitrogen and oxygen atoms in total. The highest BCUT2D eigenvalue weighted by Gasteiger charge is 2.45. The number of benzene rings is 3. The first-order chi connectivity index (χ1) is 20.9. The number of alkyl halides is 3. The molecule has 0 aliphatic carbocycles. The van der Waals surface area contributed by atoms with E-state index in [1.807, 2.05) is 0 Å². The molecule has 3 aromatic carbocycles. The lowest BCUT2D eigenvalue weighted by atomic mass is 9.95. The molecule has 1 aromatic heterocycles. The molecule has 14 heteroatoms. The first-order valence-electron chi connectivity index (χ1n) is 12.8. The average molecular weight is 686 g/mol. The highest BCUT2D eigenvalue weighted by molar-refractivity contribution is 7.07. The van der Waals surface area contributed by atoms with Crippen LogP contribution in [0.1, 0.15) is 29.7 Å². The second-order valence-corrected chi connectivity index (χ2v) is 11.6. The van der Waals surface area contributed by atoms with Gasteiger partial charge in [0.1, 0.15) is 18.2 Å². The molecular formula is C30H19Cl3F4N2O4S. The van der Waals surface area contributed by atoms with Crippen molar-refractivity contribution in [3.05, 3.63) is 129 Å². The summed E-state index contributed by atoms with van der Waals surface area (Å²) in [6.07, 6.45) is -3.73. The lowest BCUT2D eigenvalue weighted by Gasteiger charge is -2.26. The number of carbonyl (C=O) groups excluding carboxylic acids is 1. The van der Waals surface area contributed by atoms with E-state index in [4.69, 9.17) is 44.3 Å². The maximum atomic E-state index is 14.3. The van der Waals surface area contributed by atoms with E-state index in [2.05, 4.69) is 4.99 Å². The summed E-state index contributed by atoms with van der Waals surface area (Å²) in [5, 5.41) is 0.519. The Morgan fingerprint density at radius 1 is 1.07 bits per heavy atom. The Morgan fingerprint density at radius 2 is 1.77 bits per heavy atom. The summed E-state index contributed by atoms with van der Waals surface area (Å²) >= 11 is 19.3. The number of halogens is 7. The minimum atomic E-state index is -5.06. The molecule has 0 N–H and O–H groups in total. The van der Waals surface area contributed by atoms with Gasteiger partial charge in [0.2, 0.25) is 0 Å². The monoisotopic (exact) mass is 684 g/mol. The summed E-state index contributed by atoms with van der Waals surface area (Å²) in [5.41, 5.74) is -2.48. The van der Waals surface area contributed by atoms with Crippen LogP contribution >= 0.6 is 46.1 Å². The van der Waals surface area contributed by atoms with Crippen molar-refractivity contribution in [3.8, 4) is 5.75 Å². The summed E-state index contributed by atoms with van der Waals surface area (Å²) < 4.78 is 69.0. The number of allylic oxidation sites excluding steroid dienone is 1. The van der Waals surface area contributed by atoms with E-state index in [-0.39, 0.29) is 55.0 Å². The van der Waals surface area contributed by atoms with Crippen LogP contribution in [-0.4, -0.2) is 23.3 Å². The number of aromatic nitrogens is 1. The number of hydrogen-bond donors (Lipinski definition) is 0. The molecule has 0 fully saturated rings. The molecule has 228 valence electrons. The molecule has 1 atom stereocenters. The Labute approximate surface area is 266 Å². The second-order valence-electron chi connectivity index (χ2n) is 9.30. The summed E-state index contributed by atoms with van der Waals surface area (Å²) in [6, 6.07) is 12.9. The predicted molar refractivity (Wildman–Crippen MR) is 159 cm³/mol. The number of hydrogen-bond acceptors (Lipinski definition) is 6. The molecule has 0 amide bonds. The third-order valence-electron chi connectivity index (χ3n) is 6.43. The molecule has 1 aliphatic heterocycles. The molecule has 1 aliphatic rings. The highest BCUT2D eigenvalue weighted by Crippen LogP contribution is 2.39. The molecule has 44 heavy (non-hydrogen) atoms. The van der Waals surface area contributed by atoms with Gasteiger partial charge in [-0.2, -0.15) is 13.2 Å². The van der Waals surface area contributed by atoms with Crippen LogP contribution in [0, 0.1) is 5.82 Å². The van der Waals surface area contributed by atoms with Crippen LogP contribution in [0.3, 0.4) is 0 Å². The number of ether oxygens (including phenoxy) is 2. The molecular weight excluding hydrogens is 667 g/mol. The fourth-order valence-electron chi connectivity index (χ4n) is 4.55. The quantitative estimate of drug-likeness (QED) is 0.155. The maximum absolute atomic E-state index is 14.3. The van der Waals surface area contributed by atoms with E-state index in [9.17, 15) is 27.2 Å². The van der Waals surface area contributed by atoms with Gasteiger partial charge in [-0.3, -0.25) is 9.36 Å². The van der Waals surface area contributed by atoms with Gasteiger partial charge in [0, 0.05) is 21.2 Å². The number of thiazole rings is 1. The zero-order valence-electron chi connectivity index (χ0n) is 22.4. The molecule has 0 bridgehead atoms. The average Bonchev–Trinajstić information content (AvgIpc) is 3.27. The third kappa shape index (κ3) is 6.41. The normalized spacial score (nSPS) is 15.2. The molecule has 5 rings (SSSR count). The molecule has 0 saturated carbocycles. The summed E-state index contributed by atoms with van der Waals surface area (Å²) in [7, 11) is 0. The third-order valence-corrected chi connectivity index (χ3v) is 8.17. The molecule has 4 aromatic rings. The minimum Gasteiger partial charge on any atom is -0.487 e. The largest absolute Gasteiger partial charge is 0.487 e. The highest BCUT2D eigenvalue weighted by atomic mass is 35.5. The van der Waals surface area contributed by atoms with Crippen LogP contribution in [0.15, 0.2) is 81.7 Å². The van der Waals surface area contributed by atoms with Crippen LogP contribution < -0.4 is 19.6 Å². The number of esters is 1. The van der Waals surface area contributed by atoms with E-state index >= 15 is 0 Å². The van der Waals surface area contributed by atoms with Crippen molar-refractivity contribution in [2.24, 2.45) is 4.99 Å². The number of nitrogens with zero attached hydrogens (tertiary/aromatic N) is 2. The number of fused-ring (bicyclic) bond motifs is 1. The van der Waals surface area contributed by atoms with Crippen LogP contribution in [0.4, 0.5) is 17.6 Å². The zero-order chi connectivity index (χ0) is 31.8. The first kappa shape index (κ1) is 31.8. The van der Waals surface area contributed by atoms with Crippen LogP contribution in [0.25, 0.3) is 6.08 Å².